The van der Waals surface area contributed by atoms with Crippen LogP contribution >= 0.6 is 24.0 Å². The topological polar surface area (TPSA) is 48.9 Å². The Morgan fingerprint density at radius 3 is 2.58 bits per heavy atom. The SMILES string of the molecule is CCN1CCCC1CNC(=NC)NCc1ccc(COC)cc1.I. The van der Waals surface area contributed by atoms with Gasteiger partial charge in [-0.05, 0) is 37.1 Å². The molecule has 0 radical (unpaired) electrons. The maximum atomic E-state index is 5.13. The molecule has 0 aromatic heterocycles. The van der Waals surface area contributed by atoms with Gasteiger partial charge in [-0.1, -0.05) is 31.2 Å². The average molecular weight is 446 g/mol. The van der Waals surface area contributed by atoms with Gasteiger partial charge in [0, 0.05) is 33.3 Å². The van der Waals surface area contributed by atoms with Gasteiger partial charge >= 0.3 is 0 Å². The molecule has 0 saturated carbocycles. The van der Waals surface area contributed by atoms with Gasteiger partial charge in [0.1, 0.15) is 0 Å². The Hall–Kier alpha value is -0.860. The summed E-state index contributed by atoms with van der Waals surface area (Å²) in [6.07, 6.45) is 2.58. The van der Waals surface area contributed by atoms with Gasteiger partial charge in [-0.2, -0.15) is 0 Å². The number of likely N-dealkylation sites (tertiary alicyclic amines) is 1. The summed E-state index contributed by atoms with van der Waals surface area (Å²) in [6, 6.07) is 9.10. The highest BCUT2D eigenvalue weighted by Gasteiger charge is 2.22. The van der Waals surface area contributed by atoms with Crippen LogP contribution in [0.2, 0.25) is 0 Å². The molecule has 1 fully saturated rings. The van der Waals surface area contributed by atoms with Gasteiger partial charge in [-0.3, -0.25) is 9.89 Å². The molecule has 1 aromatic rings. The van der Waals surface area contributed by atoms with Crippen molar-refractivity contribution in [2.24, 2.45) is 4.99 Å². The van der Waals surface area contributed by atoms with E-state index in [2.05, 4.69) is 51.7 Å². The first-order valence-electron chi connectivity index (χ1n) is 8.52. The molecular weight excluding hydrogens is 415 g/mol. The maximum absolute atomic E-state index is 5.13. The predicted octanol–water partition coefficient (Wildman–Crippen LogP) is 2.60. The van der Waals surface area contributed by atoms with Crippen LogP contribution in [0, 0.1) is 0 Å². The standard InChI is InChI=1S/C18H30N4O.HI/c1-4-22-11-5-6-17(22)13-21-18(19-2)20-12-15-7-9-16(10-8-15)14-23-3;/h7-10,17H,4-6,11-14H2,1-3H3,(H2,19,20,21);1H. The predicted molar refractivity (Wildman–Crippen MR) is 111 cm³/mol. The summed E-state index contributed by atoms with van der Waals surface area (Å²) >= 11 is 0. The lowest BCUT2D eigenvalue weighted by molar-refractivity contribution is 0.185. The van der Waals surface area contributed by atoms with Gasteiger partial charge in [0.15, 0.2) is 5.96 Å². The second-order valence-corrected chi connectivity index (χ2v) is 5.98. The largest absolute Gasteiger partial charge is 0.380 e. The number of hydrogen-bond donors (Lipinski definition) is 2. The summed E-state index contributed by atoms with van der Waals surface area (Å²) in [7, 11) is 3.54. The van der Waals surface area contributed by atoms with E-state index in [-0.39, 0.29) is 24.0 Å². The third-order valence-corrected chi connectivity index (χ3v) is 4.43. The lowest BCUT2D eigenvalue weighted by Gasteiger charge is -2.24. The van der Waals surface area contributed by atoms with Gasteiger partial charge in [-0.25, -0.2) is 0 Å². The monoisotopic (exact) mass is 446 g/mol. The molecule has 2 N–H and O–H groups in total. The zero-order valence-corrected chi connectivity index (χ0v) is 17.4. The van der Waals surface area contributed by atoms with Crippen LogP contribution in [-0.4, -0.2) is 50.7 Å². The molecule has 1 aromatic carbocycles. The molecule has 24 heavy (non-hydrogen) atoms. The fourth-order valence-corrected chi connectivity index (χ4v) is 3.08. The molecule has 0 amide bonds. The minimum absolute atomic E-state index is 0. The summed E-state index contributed by atoms with van der Waals surface area (Å²) in [5.41, 5.74) is 2.43. The van der Waals surface area contributed by atoms with Crippen molar-refractivity contribution < 1.29 is 4.74 Å². The molecule has 136 valence electrons. The van der Waals surface area contributed by atoms with Crippen LogP contribution in [0.3, 0.4) is 0 Å². The lowest BCUT2D eigenvalue weighted by atomic mass is 10.1. The number of halogens is 1. The molecule has 1 atom stereocenters. The van der Waals surface area contributed by atoms with Crippen molar-refractivity contribution in [2.45, 2.75) is 39.0 Å². The first kappa shape index (κ1) is 21.2. The van der Waals surface area contributed by atoms with Crippen molar-refractivity contribution in [3.8, 4) is 0 Å². The fraction of sp³-hybridized carbons (Fsp3) is 0.611. The smallest absolute Gasteiger partial charge is 0.191 e. The maximum Gasteiger partial charge on any atom is 0.191 e. The number of rotatable bonds is 7. The van der Waals surface area contributed by atoms with Gasteiger partial charge in [0.05, 0.1) is 6.61 Å². The first-order valence-corrected chi connectivity index (χ1v) is 8.52. The van der Waals surface area contributed by atoms with Crippen LogP contribution in [0.1, 0.15) is 30.9 Å². The second-order valence-electron chi connectivity index (χ2n) is 5.98. The van der Waals surface area contributed by atoms with Crippen molar-refractivity contribution >= 4 is 29.9 Å². The summed E-state index contributed by atoms with van der Waals surface area (Å²) in [6.45, 7) is 6.98. The van der Waals surface area contributed by atoms with E-state index < -0.39 is 0 Å². The minimum Gasteiger partial charge on any atom is -0.380 e. The number of guanidine groups is 1. The average Bonchev–Trinajstić information content (AvgIpc) is 3.04. The van der Waals surface area contributed by atoms with Crippen molar-refractivity contribution in [1.29, 1.82) is 0 Å². The summed E-state index contributed by atoms with van der Waals surface area (Å²) in [5, 5.41) is 6.84. The Morgan fingerprint density at radius 2 is 1.96 bits per heavy atom. The van der Waals surface area contributed by atoms with Gasteiger partial charge < -0.3 is 15.4 Å². The molecule has 2 rings (SSSR count). The molecule has 1 aliphatic rings. The molecule has 0 bridgehead atoms. The molecule has 1 saturated heterocycles. The van der Waals surface area contributed by atoms with Crippen LogP contribution in [0.15, 0.2) is 29.3 Å². The summed E-state index contributed by atoms with van der Waals surface area (Å²) in [5.74, 6) is 0.869. The van der Waals surface area contributed by atoms with Crippen LogP contribution < -0.4 is 10.6 Å². The molecular formula is C18H31IN4O. The van der Waals surface area contributed by atoms with Crippen molar-refractivity contribution in [3.05, 3.63) is 35.4 Å². The van der Waals surface area contributed by atoms with Crippen molar-refractivity contribution in [1.82, 2.24) is 15.5 Å². The Morgan fingerprint density at radius 1 is 1.25 bits per heavy atom. The molecule has 1 aliphatic heterocycles. The highest BCUT2D eigenvalue weighted by molar-refractivity contribution is 14.0. The number of benzene rings is 1. The van der Waals surface area contributed by atoms with Crippen LogP contribution in [0.5, 0.6) is 0 Å². The Kier molecular flexibility index (Phi) is 10.3. The zero-order chi connectivity index (χ0) is 16.5. The summed E-state index contributed by atoms with van der Waals surface area (Å²) < 4.78 is 5.13. The number of hydrogen-bond acceptors (Lipinski definition) is 3. The number of likely N-dealkylation sites (N-methyl/N-ethyl adjacent to an activating group) is 1. The number of nitrogens with one attached hydrogen (secondary N) is 2. The van der Waals surface area contributed by atoms with E-state index in [0.717, 1.165) is 25.6 Å². The first-order chi connectivity index (χ1) is 11.3. The van der Waals surface area contributed by atoms with E-state index in [1.807, 2.05) is 7.05 Å². The molecule has 1 unspecified atom stereocenters. The normalized spacial score (nSPS) is 18.3. The number of aliphatic imine (C=N–C) groups is 1. The van der Waals surface area contributed by atoms with E-state index in [0.29, 0.717) is 12.6 Å². The van der Waals surface area contributed by atoms with Gasteiger partial charge in [-0.15, -0.1) is 24.0 Å². The second kappa shape index (κ2) is 11.7. The Bertz CT molecular complexity index is 492. The fourth-order valence-electron chi connectivity index (χ4n) is 3.08. The number of methoxy groups -OCH3 is 1. The quantitative estimate of drug-likeness (QED) is 0.384. The molecule has 5 nitrogen and oxygen atoms in total. The Balaban J connectivity index is 0.00000288. The Labute approximate surface area is 163 Å². The minimum atomic E-state index is 0. The third kappa shape index (κ3) is 6.57. The van der Waals surface area contributed by atoms with Crippen LogP contribution in [-0.2, 0) is 17.9 Å². The van der Waals surface area contributed by atoms with E-state index in [9.17, 15) is 0 Å². The van der Waals surface area contributed by atoms with Crippen molar-refractivity contribution in [2.75, 3.05) is 33.8 Å². The van der Waals surface area contributed by atoms with E-state index >= 15 is 0 Å². The molecule has 0 spiro atoms. The number of nitrogens with zero attached hydrogens (tertiary/aromatic N) is 2. The van der Waals surface area contributed by atoms with Gasteiger partial charge in [0.25, 0.3) is 0 Å². The zero-order valence-electron chi connectivity index (χ0n) is 15.0. The third-order valence-electron chi connectivity index (χ3n) is 4.43. The van der Waals surface area contributed by atoms with Crippen LogP contribution in [0.4, 0.5) is 0 Å². The molecule has 6 heteroatoms. The number of ether oxygens (including phenoxy) is 1. The van der Waals surface area contributed by atoms with E-state index in [1.54, 1.807) is 7.11 Å². The van der Waals surface area contributed by atoms with E-state index in [4.69, 9.17) is 4.74 Å². The van der Waals surface area contributed by atoms with Crippen LogP contribution in [0.25, 0.3) is 0 Å². The lowest BCUT2D eigenvalue weighted by Crippen LogP contribution is -2.44. The highest BCUT2D eigenvalue weighted by Crippen LogP contribution is 2.15. The molecule has 1 heterocycles. The molecule has 0 aliphatic carbocycles. The highest BCUT2D eigenvalue weighted by atomic mass is 127. The summed E-state index contributed by atoms with van der Waals surface area (Å²) in [4.78, 5) is 6.85. The van der Waals surface area contributed by atoms with E-state index in [1.165, 1.54) is 30.5 Å². The van der Waals surface area contributed by atoms with Gasteiger partial charge in [0.2, 0.25) is 0 Å². The van der Waals surface area contributed by atoms with Crippen molar-refractivity contribution in [3.63, 3.8) is 0 Å².